The number of rotatable bonds is 5. The molecule has 0 aliphatic carbocycles. The van der Waals surface area contributed by atoms with Crippen molar-refractivity contribution in [3.8, 4) is 11.4 Å². The van der Waals surface area contributed by atoms with Crippen LogP contribution < -0.4 is 0 Å². The van der Waals surface area contributed by atoms with E-state index >= 15 is 0 Å². The molecule has 0 fully saturated rings. The molecule has 10 heteroatoms. The first-order valence-corrected chi connectivity index (χ1v) is 10.2. The van der Waals surface area contributed by atoms with Crippen LogP contribution in [0.2, 0.25) is 0 Å². The summed E-state index contributed by atoms with van der Waals surface area (Å²) >= 11 is 0. The number of benzene rings is 2. The summed E-state index contributed by atoms with van der Waals surface area (Å²) in [5, 5.41) is 7.52. The summed E-state index contributed by atoms with van der Waals surface area (Å²) in [6.07, 6.45) is 6.01. The lowest BCUT2D eigenvalue weighted by atomic mass is 10.1. The van der Waals surface area contributed by atoms with Gasteiger partial charge in [0, 0.05) is 37.9 Å². The van der Waals surface area contributed by atoms with E-state index < -0.39 is 16.0 Å². The first kappa shape index (κ1) is 19.9. The van der Waals surface area contributed by atoms with Gasteiger partial charge in [0.15, 0.2) is 5.82 Å². The Morgan fingerprint density at radius 1 is 1.10 bits per heavy atom. The number of H-pyrrole nitrogens is 1. The van der Waals surface area contributed by atoms with Crippen molar-refractivity contribution in [1.82, 2.24) is 23.5 Å². The van der Waals surface area contributed by atoms with Gasteiger partial charge in [-0.25, -0.2) is 17.7 Å². The number of hydrogen-bond acceptors (Lipinski definition) is 4. The highest BCUT2D eigenvalue weighted by atomic mass is 32.2. The molecule has 2 aromatic carbocycles. The Morgan fingerprint density at radius 2 is 1.83 bits per heavy atom. The van der Waals surface area contributed by atoms with Crippen LogP contribution in [0.4, 0.5) is 8.78 Å². The molecule has 2 aromatic heterocycles. The molecule has 0 spiro atoms. The molecule has 0 saturated carbocycles. The number of aromatic amines is 1. The molecule has 0 aliphatic heterocycles. The Kier molecular flexibility index (Phi) is 4.96. The molecule has 2 heterocycles. The molecule has 7 nitrogen and oxygen atoms in total. The molecule has 4 rings (SSSR count). The summed E-state index contributed by atoms with van der Waals surface area (Å²) in [6.45, 7) is 0. The molecule has 0 saturated heterocycles. The van der Waals surface area contributed by atoms with Crippen molar-refractivity contribution >= 4 is 33.3 Å². The molecule has 0 aliphatic rings. The zero-order valence-electron chi connectivity index (χ0n) is 16.0. The van der Waals surface area contributed by atoms with Gasteiger partial charge in [-0.2, -0.15) is 17.8 Å². The Bertz CT molecular complexity index is 1360. The number of hydrogen-bond donors (Lipinski definition) is 1. The van der Waals surface area contributed by atoms with Crippen LogP contribution in [0.5, 0.6) is 0 Å². The first-order valence-electron chi connectivity index (χ1n) is 8.85. The second-order valence-electron chi connectivity index (χ2n) is 6.71. The van der Waals surface area contributed by atoms with E-state index in [1.807, 2.05) is 0 Å². The van der Waals surface area contributed by atoms with Gasteiger partial charge in [-0.3, -0.25) is 5.10 Å². The lowest BCUT2D eigenvalue weighted by molar-refractivity contribution is 0.511. The standard InChI is InChI=1S/C20H17F2N5O2S/c1-26(2)30(28,29)27-10-9-23-20(27)15-11-16-18(24-25-19(16)12-17(15)22)8-5-13-3-6-14(21)7-4-13/h3-12H,1-2H3,(H,24,25)/b8-5+. The van der Waals surface area contributed by atoms with Gasteiger partial charge in [0.2, 0.25) is 0 Å². The number of aromatic nitrogens is 4. The topological polar surface area (TPSA) is 83.9 Å². The van der Waals surface area contributed by atoms with E-state index in [-0.39, 0.29) is 17.2 Å². The number of fused-ring (bicyclic) bond motifs is 1. The SMILES string of the molecule is CN(C)S(=O)(=O)n1ccnc1-c1cc2c(/C=C/c3ccc(F)cc3)n[nH]c2cc1F. The minimum absolute atomic E-state index is 0.0238. The first-order chi connectivity index (χ1) is 14.3. The van der Waals surface area contributed by atoms with Crippen LogP contribution in [-0.4, -0.2) is 46.0 Å². The summed E-state index contributed by atoms with van der Waals surface area (Å²) < 4.78 is 54.9. The highest BCUT2D eigenvalue weighted by Gasteiger charge is 2.23. The van der Waals surface area contributed by atoms with Gasteiger partial charge >= 0.3 is 10.2 Å². The molecule has 154 valence electrons. The van der Waals surface area contributed by atoms with Gasteiger partial charge in [0.1, 0.15) is 11.6 Å². The largest absolute Gasteiger partial charge is 0.308 e. The zero-order valence-corrected chi connectivity index (χ0v) is 16.9. The molecule has 0 bridgehead atoms. The van der Waals surface area contributed by atoms with Crippen molar-refractivity contribution in [1.29, 1.82) is 0 Å². The molecule has 0 unspecified atom stereocenters. The lowest BCUT2D eigenvalue weighted by Gasteiger charge is -2.14. The Morgan fingerprint density at radius 3 is 2.53 bits per heavy atom. The normalized spacial score (nSPS) is 12.4. The molecule has 30 heavy (non-hydrogen) atoms. The number of halogens is 2. The number of nitrogens with zero attached hydrogens (tertiary/aromatic N) is 4. The molecule has 0 amide bonds. The van der Waals surface area contributed by atoms with Gasteiger partial charge in [0.05, 0.1) is 16.8 Å². The minimum Gasteiger partial charge on any atom is -0.277 e. The van der Waals surface area contributed by atoms with Gasteiger partial charge in [0.25, 0.3) is 0 Å². The molecule has 1 N–H and O–H groups in total. The zero-order chi connectivity index (χ0) is 21.5. The summed E-state index contributed by atoms with van der Waals surface area (Å²) in [4.78, 5) is 4.05. The second-order valence-corrected chi connectivity index (χ2v) is 8.73. The van der Waals surface area contributed by atoms with Crippen LogP contribution in [-0.2, 0) is 10.2 Å². The smallest absolute Gasteiger partial charge is 0.277 e. The van der Waals surface area contributed by atoms with E-state index in [1.165, 1.54) is 50.8 Å². The van der Waals surface area contributed by atoms with Crippen molar-refractivity contribution in [2.24, 2.45) is 0 Å². The van der Waals surface area contributed by atoms with E-state index in [0.29, 0.717) is 16.6 Å². The van der Waals surface area contributed by atoms with Crippen LogP contribution >= 0.6 is 0 Å². The van der Waals surface area contributed by atoms with Gasteiger partial charge < -0.3 is 0 Å². The van der Waals surface area contributed by atoms with Crippen LogP contribution in [0.3, 0.4) is 0 Å². The summed E-state index contributed by atoms with van der Waals surface area (Å²) in [5.41, 5.74) is 1.76. The Balaban J connectivity index is 1.81. The molecule has 4 aromatic rings. The van der Waals surface area contributed by atoms with Crippen molar-refractivity contribution < 1.29 is 17.2 Å². The van der Waals surface area contributed by atoms with E-state index in [4.69, 9.17) is 0 Å². The maximum absolute atomic E-state index is 14.8. The highest BCUT2D eigenvalue weighted by molar-refractivity contribution is 7.87. The summed E-state index contributed by atoms with van der Waals surface area (Å²) in [5.74, 6) is -1.01. The third kappa shape index (κ3) is 3.51. The van der Waals surface area contributed by atoms with Crippen LogP contribution in [0.25, 0.3) is 34.4 Å². The monoisotopic (exact) mass is 429 g/mol. The molecular formula is C20H17F2N5O2S. The van der Waals surface area contributed by atoms with Crippen molar-refractivity contribution in [2.45, 2.75) is 0 Å². The molecule has 0 atom stereocenters. The third-order valence-electron chi connectivity index (χ3n) is 4.54. The molecule has 0 radical (unpaired) electrons. The molecular weight excluding hydrogens is 412 g/mol. The third-order valence-corrected chi connectivity index (χ3v) is 6.26. The Hall–Kier alpha value is -3.37. The van der Waals surface area contributed by atoms with E-state index in [1.54, 1.807) is 24.3 Å². The predicted molar refractivity (Wildman–Crippen MR) is 111 cm³/mol. The quantitative estimate of drug-likeness (QED) is 0.526. The van der Waals surface area contributed by atoms with Gasteiger partial charge in [-0.1, -0.05) is 18.2 Å². The fraction of sp³-hybridized carbons (Fsp3) is 0.100. The van der Waals surface area contributed by atoms with E-state index in [0.717, 1.165) is 13.8 Å². The van der Waals surface area contributed by atoms with E-state index in [9.17, 15) is 17.2 Å². The average molecular weight is 429 g/mol. The Labute approximate surface area is 171 Å². The maximum Gasteiger partial charge on any atom is 0.308 e. The second kappa shape index (κ2) is 7.47. The van der Waals surface area contributed by atoms with Gasteiger partial charge in [-0.15, -0.1) is 0 Å². The summed E-state index contributed by atoms with van der Waals surface area (Å²) in [6, 6.07) is 8.68. The lowest BCUT2D eigenvalue weighted by Crippen LogP contribution is -2.29. The number of nitrogens with one attached hydrogen (secondary N) is 1. The van der Waals surface area contributed by atoms with Crippen LogP contribution in [0.1, 0.15) is 11.3 Å². The fourth-order valence-corrected chi connectivity index (χ4v) is 3.87. The van der Waals surface area contributed by atoms with Crippen molar-refractivity contribution in [2.75, 3.05) is 14.1 Å². The maximum atomic E-state index is 14.8. The van der Waals surface area contributed by atoms with Gasteiger partial charge in [-0.05, 0) is 29.8 Å². The van der Waals surface area contributed by atoms with E-state index in [2.05, 4.69) is 15.2 Å². The van der Waals surface area contributed by atoms with Crippen LogP contribution in [0.15, 0.2) is 48.8 Å². The van der Waals surface area contributed by atoms with Crippen molar-refractivity contribution in [3.05, 3.63) is 71.7 Å². The average Bonchev–Trinajstić information content (AvgIpc) is 3.34. The number of imidazole rings is 1. The highest BCUT2D eigenvalue weighted by Crippen LogP contribution is 2.29. The van der Waals surface area contributed by atoms with Crippen molar-refractivity contribution in [3.63, 3.8) is 0 Å². The fourth-order valence-electron chi connectivity index (χ4n) is 2.95. The van der Waals surface area contributed by atoms with Crippen LogP contribution in [0, 0.1) is 11.6 Å². The predicted octanol–water partition coefficient (Wildman–Crippen LogP) is 3.53. The minimum atomic E-state index is -3.88. The summed E-state index contributed by atoms with van der Waals surface area (Å²) in [7, 11) is -1.11.